The molecule has 0 radical (unpaired) electrons. The molecule has 5 nitrogen and oxygen atoms in total. The summed E-state index contributed by atoms with van der Waals surface area (Å²) >= 11 is 0. The maximum atomic E-state index is 10.6. The smallest absolute Gasteiger partial charge is 0.141 e. The first-order valence-electron chi connectivity index (χ1n) is 15.1. The summed E-state index contributed by atoms with van der Waals surface area (Å²) in [5.74, 6) is 1.04. The number of aromatic hydroxyl groups is 1. The third-order valence-corrected chi connectivity index (χ3v) is 8.52. The Morgan fingerprint density at radius 1 is 0.659 bits per heavy atom. The highest BCUT2D eigenvalue weighted by Crippen LogP contribution is 2.55. The molecule has 4 aromatic carbocycles. The first kappa shape index (κ1) is 27.7. The maximum absolute atomic E-state index is 10.6. The van der Waals surface area contributed by atoms with E-state index < -0.39 is 0 Å². The average Bonchev–Trinajstić information content (AvgIpc) is 3.00. The molecule has 3 heterocycles. The molecule has 1 aliphatic heterocycles. The summed E-state index contributed by atoms with van der Waals surface area (Å²) in [5, 5.41) is 11.5. The number of hydrogen-bond acceptors (Lipinski definition) is 5. The van der Waals surface area contributed by atoms with Gasteiger partial charge in [-0.3, -0.25) is 4.90 Å². The zero-order valence-electron chi connectivity index (χ0n) is 26.1. The highest BCUT2D eigenvalue weighted by molar-refractivity contribution is 6.03. The van der Waals surface area contributed by atoms with Crippen LogP contribution in [0, 0.1) is 20.8 Å². The molecule has 6 aromatic rings. The largest absolute Gasteiger partial charge is 0.506 e. The number of hydrogen-bond donors (Lipinski definition) is 1. The fourth-order valence-electron chi connectivity index (χ4n) is 6.47. The van der Waals surface area contributed by atoms with Crippen LogP contribution >= 0.6 is 0 Å². The normalized spacial score (nSPS) is 12.8. The SMILES string of the molecule is Cc1cc(C)c(N2c3ccccc3N(c3cc(C(C)(C)C)ccn3)c3cc(-c4ccc5cccc(O)c5n4)ccc32)c(C)c1. The number of fused-ring (bicyclic) bond motifs is 3. The van der Waals surface area contributed by atoms with Gasteiger partial charge in [-0.2, -0.15) is 0 Å². The molecule has 5 heteroatoms. The van der Waals surface area contributed by atoms with Crippen molar-refractivity contribution in [3.8, 4) is 17.0 Å². The number of aromatic nitrogens is 2. The Kier molecular flexibility index (Phi) is 6.43. The second-order valence-corrected chi connectivity index (χ2v) is 12.8. The fraction of sp³-hybridized carbons (Fsp3) is 0.179. The third-order valence-electron chi connectivity index (χ3n) is 8.52. The second-order valence-electron chi connectivity index (χ2n) is 12.8. The predicted molar refractivity (Wildman–Crippen MR) is 182 cm³/mol. The van der Waals surface area contributed by atoms with Crippen molar-refractivity contribution in [2.75, 3.05) is 9.80 Å². The standard InChI is InChI=1S/C39H36N4O/c1-24-20-25(2)38(26(3)21-24)43-32-12-8-7-11-31(32)42(36-23-29(18-19-40-36)39(4,5)6)34-22-28(15-17-33(34)43)30-16-14-27-10-9-13-35(44)37(27)41-30/h7-23,44H,1-6H3. The first-order chi connectivity index (χ1) is 21.1. The van der Waals surface area contributed by atoms with E-state index in [1.54, 1.807) is 6.07 Å². The fourth-order valence-corrected chi connectivity index (χ4v) is 6.47. The van der Waals surface area contributed by atoms with Crippen molar-refractivity contribution in [2.24, 2.45) is 0 Å². The van der Waals surface area contributed by atoms with Crippen LogP contribution in [0.2, 0.25) is 0 Å². The minimum absolute atomic E-state index is 0.0309. The van der Waals surface area contributed by atoms with Crippen LogP contribution in [0.5, 0.6) is 5.75 Å². The van der Waals surface area contributed by atoms with Crippen molar-refractivity contribution >= 4 is 45.2 Å². The molecule has 1 aliphatic rings. The Bertz CT molecular complexity index is 2050. The van der Waals surface area contributed by atoms with E-state index >= 15 is 0 Å². The van der Waals surface area contributed by atoms with E-state index in [1.807, 2.05) is 30.5 Å². The van der Waals surface area contributed by atoms with Gasteiger partial charge in [-0.25, -0.2) is 9.97 Å². The van der Waals surface area contributed by atoms with Gasteiger partial charge in [0.2, 0.25) is 0 Å². The van der Waals surface area contributed by atoms with Gasteiger partial charge in [-0.1, -0.05) is 74.9 Å². The number of phenols is 1. The molecule has 0 bridgehead atoms. The van der Waals surface area contributed by atoms with Crippen LogP contribution in [-0.2, 0) is 5.41 Å². The lowest BCUT2D eigenvalue weighted by atomic mass is 9.87. The summed E-state index contributed by atoms with van der Waals surface area (Å²) < 4.78 is 0. The molecular weight excluding hydrogens is 540 g/mol. The lowest BCUT2D eigenvalue weighted by Crippen LogP contribution is -2.26. The number of benzene rings is 4. The van der Waals surface area contributed by atoms with Crippen LogP contribution in [0.1, 0.15) is 43.0 Å². The molecule has 1 N–H and O–H groups in total. The zero-order valence-corrected chi connectivity index (χ0v) is 26.1. The number of pyridine rings is 2. The number of nitrogens with zero attached hydrogens (tertiary/aromatic N) is 4. The molecule has 0 unspecified atom stereocenters. The summed E-state index contributed by atoms with van der Waals surface area (Å²) in [6.07, 6.45) is 1.91. The van der Waals surface area contributed by atoms with E-state index in [-0.39, 0.29) is 11.2 Å². The molecule has 218 valence electrons. The minimum Gasteiger partial charge on any atom is -0.506 e. The van der Waals surface area contributed by atoms with E-state index in [0.29, 0.717) is 5.52 Å². The summed E-state index contributed by atoms with van der Waals surface area (Å²) in [6.45, 7) is 13.2. The van der Waals surface area contributed by atoms with Crippen molar-refractivity contribution in [1.82, 2.24) is 9.97 Å². The first-order valence-corrected chi connectivity index (χ1v) is 15.1. The van der Waals surface area contributed by atoms with E-state index in [9.17, 15) is 5.11 Å². The molecule has 0 saturated heterocycles. The van der Waals surface area contributed by atoms with Gasteiger partial charge in [0.25, 0.3) is 0 Å². The minimum atomic E-state index is -0.0309. The van der Waals surface area contributed by atoms with Crippen molar-refractivity contribution in [3.63, 3.8) is 0 Å². The molecule has 0 atom stereocenters. The Hall–Kier alpha value is -5.16. The van der Waals surface area contributed by atoms with Crippen molar-refractivity contribution < 1.29 is 5.11 Å². The Labute approximate surface area is 259 Å². The number of phenolic OH excluding ortho intramolecular Hbond substituents is 1. The van der Waals surface area contributed by atoms with Gasteiger partial charge in [-0.05, 0) is 91.4 Å². The van der Waals surface area contributed by atoms with Gasteiger partial charge in [0.15, 0.2) is 0 Å². The molecular formula is C39H36N4O. The van der Waals surface area contributed by atoms with Crippen LogP contribution in [-0.4, -0.2) is 15.1 Å². The van der Waals surface area contributed by atoms with Crippen LogP contribution in [0.15, 0.2) is 103 Å². The number of para-hydroxylation sites is 3. The van der Waals surface area contributed by atoms with Crippen LogP contribution in [0.4, 0.5) is 34.3 Å². The van der Waals surface area contributed by atoms with E-state index in [0.717, 1.165) is 45.2 Å². The van der Waals surface area contributed by atoms with Gasteiger partial charge in [-0.15, -0.1) is 0 Å². The van der Waals surface area contributed by atoms with Crippen LogP contribution < -0.4 is 9.80 Å². The zero-order chi connectivity index (χ0) is 30.7. The quantitative estimate of drug-likeness (QED) is 0.227. The molecule has 44 heavy (non-hydrogen) atoms. The average molecular weight is 577 g/mol. The lowest BCUT2D eigenvalue weighted by molar-refractivity contribution is 0.480. The summed E-state index contributed by atoms with van der Waals surface area (Å²) in [4.78, 5) is 14.5. The molecule has 2 aromatic heterocycles. The molecule has 0 saturated carbocycles. The third kappa shape index (κ3) is 4.56. The summed E-state index contributed by atoms with van der Waals surface area (Å²) in [5.41, 5.74) is 12.6. The van der Waals surface area contributed by atoms with Gasteiger partial charge < -0.3 is 10.0 Å². The van der Waals surface area contributed by atoms with Crippen LogP contribution in [0.3, 0.4) is 0 Å². The van der Waals surface area contributed by atoms with Crippen molar-refractivity contribution in [3.05, 3.63) is 126 Å². The summed E-state index contributed by atoms with van der Waals surface area (Å²) in [7, 11) is 0. The topological polar surface area (TPSA) is 52.5 Å². The summed E-state index contributed by atoms with van der Waals surface area (Å²) in [6, 6.07) is 33.4. The molecule has 0 spiro atoms. The van der Waals surface area contributed by atoms with Gasteiger partial charge >= 0.3 is 0 Å². The van der Waals surface area contributed by atoms with Gasteiger partial charge in [0.1, 0.15) is 17.1 Å². The van der Waals surface area contributed by atoms with E-state index in [2.05, 4.69) is 118 Å². The van der Waals surface area contributed by atoms with Gasteiger partial charge in [0, 0.05) is 17.1 Å². The maximum Gasteiger partial charge on any atom is 0.141 e. The molecule has 0 fully saturated rings. The van der Waals surface area contributed by atoms with Crippen LogP contribution in [0.25, 0.3) is 22.2 Å². The Balaban J connectivity index is 1.51. The molecule has 0 aliphatic carbocycles. The van der Waals surface area contributed by atoms with Crippen molar-refractivity contribution in [1.29, 1.82) is 0 Å². The number of rotatable bonds is 3. The van der Waals surface area contributed by atoms with Gasteiger partial charge in [0.05, 0.1) is 34.1 Å². The molecule has 0 amide bonds. The monoisotopic (exact) mass is 576 g/mol. The molecule has 7 rings (SSSR count). The van der Waals surface area contributed by atoms with E-state index in [4.69, 9.17) is 9.97 Å². The Morgan fingerprint density at radius 2 is 1.36 bits per heavy atom. The number of aryl methyl sites for hydroxylation is 3. The lowest BCUT2D eigenvalue weighted by Gasteiger charge is -2.41. The Morgan fingerprint density at radius 3 is 2.09 bits per heavy atom. The predicted octanol–water partition coefficient (Wildman–Crippen LogP) is 10.5. The highest BCUT2D eigenvalue weighted by atomic mass is 16.3. The second kappa shape index (κ2) is 10.2. The van der Waals surface area contributed by atoms with Crippen molar-refractivity contribution in [2.45, 2.75) is 47.0 Å². The number of anilines is 6. The highest BCUT2D eigenvalue weighted by Gasteiger charge is 2.33. The van der Waals surface area contributed by atoms with E-state index in [1.165, 1.54) is 27.9 Å².